The van der Waals surface area contributed by atoms with Crippen molar-refractivity contribution in [2.75, 3.05) is 6.61 Å². The quantitative estimate of drug-likeness (QED) is 0.880. The van der Waals surface area contributed by atoms with E-state index < -0.39 is 11.7 Å². The number of primary amides is 1. The number of ether oxygens (including phenoxy) is 1. The van der Waals surface area contributed by atoms with E-state index in [0.717, 1.165) is 0 Å². The SMILES string of the molecule is NC(=O)COc1cc(Br)ccc1F. The van der Waals surface area contributed by atoms with E-state index in [0.29, 0.717) is 4.47 Å². The molecule has 0 unspecified atom stereocenters. The average molecular weight is 248 g/mol. The fourth-order valence-corrected chi connectivity index (χ4v) is 1.08. The van der Waals surface area contributed by atoms with Gasteiger partial charge in [0, 0.05) is 4.47 Å². The van der Waals surface area contributed by atoms with Gasteiger partial charge in [-0.3, -0.25) is 4.79 Å². The minimum atomic E-state index is -0.639. The Morgan fingerprint density at radius 1 is 1.62 bits per heavy atom. The van der Waals surface area contributed by atoms with E-state index >= 15 is 0 Å². The lowest BCUT2D eigenvalue weighted by molar-refractivity contribution is -0.120. The van der Waals surface area contributed by atoms with Gasteiger partial charge in [-0.2, -0.15) is 0 Å². The Balaban J connectivity index is 2.75. The van der Waals surface area contributed by atoms with Crippen LogP contribution in [0.25, 0.3) is 0 Å². The molecule has 13 heavy (non-hydrogen) atoms. The molecule has 0 saturated carbocycles. The smallest absolute Gasteiger partial charge is 0.255 e. The number of nitrogens with two attached hydrogens (primary N) is 1. The largest absolute Gasteiger partial charge is 0.481 e. The van der Waals surface area contributed by atoms with Crippen molar-refractivity contribution in [3.8, 4) is 5.75 Å². The van der Waals surface area contributed by atoms with Crippen LogP contribution in [-0.2, 0) is 4.79 Å². The van der Waals surface area contributed by atoms with Crippen LogP contribution in [0.5, 0.6) is 5.75 Å². The van der Waals surface area contributed by atoms with Crippen molar-refractivity contribution >= 4 is 21.8 Å². The Bertz CT molecular complexity index is 330. The molecule has 0 spiro atoms. The summed E-state index contributed by atoms with van der Waals surface area (Å²) in [6.45, 7) is -0.326. The number of carbonyl (C=O) groups is 1. The standard InChI is InChI=1S/C8H7BrFNO2/c9-5-1-2-6(10)7(3-5)13-4-8(11)12/h1-3H,4H2,(H2,11,12). The van der Waals surface area contributed by atoms with Crippen molar-refractivity contribution in [2.45, 2.75) is 0 Å². The number of rotatable bonds is 3. The molecule has 0 aromatic heterocycles. The number of benzene rings is 1. The molecule has 0 saturated heterocycles. The maximum atomic E-state index is 12.9. The van der Waals surface area contributed by atoms with Gasteiger partial charge in [0.1, 0.15) is 0 Å². The van der Waals surface area contributed by atoms with Gasteiger partial charge in [-0.1, -0.05) is 15.9 Å². The first-order valence-corrected chi connectivity index (χ1v) is 4.25. The summed E-state index contributed by atoms with van der Waals surface area (Å²) >= 11 is 3.14. The number of amides is 1. The Morgan fingerprint density at radius 2 is 2.31 bits per heavy atom. The fourth-order valence-electron chi connectivity index (χ4n) is 0.737. The lowest BCUT2D eigenvalue weighted by atomic mass is 10.3. The van der Waals surface area contributed by atoms with Gasteiger partial charge >= 0.3 is 0 Å². The first-order valence-electron chi connectivity index (χ1n) is 3.46. The molecular weight excluding hydrogens is 241 g/mol. The molecule has 0 aliphatic carbocycles. The molecule has 0 bridgehead atoms. The molecule has 2 N–H and O–H groups in total. The first kappa shape index (κ1) is 9.98. The molecule has 0 atom stereocenters. The summed E-state index contributed by atoms with van der Waals surface area (Å²) in [6, 6.07) is 4.20. The normalized spacial score (nSPS) is 9.69. The molecule has 0 radical (unpaired) electrons. The van der Waals surface area contributed by atoms with Crippen LogP contribution in [0.2, 0.25) is 0 Å². The van der Waals surface area contributed by atoms with E-state index in [-0.39, 0.29) is 12.4 Å². The second-order valence-corrected chi connectivity index (χ2v) is 3.25. The number of hydrogen-bond donors (Lipinski definition) is 1. The van der Waals surface area contributed by atoms with Crippen LogP contribution < -0.4 is 10.5 Å². The van der Waals surface area contributed by atoms with E-state index in [1.54, 1.807) is 0 Å². The molecule has 1 aromatic carbocycles. The van der Waals surface area contributed by atoms with Gasteiger partial charge in [0.25, 0.3) is 5.91 Å². The van der Waals surface area contributed by atoms with Gasteiger partial charge in [0.05, 0.1) is 0 Å². The highest BCUT2D eigenvalue weighted by atomic mass is 79.9. The third-order valence-electron chi connectivity index (χ3n) is 1.26. The maximum Gasteiger partial charge on any atom is 0.255 e. The summed E-state index contributed by atoms with van der Waals surface area (Å²) in [4.78, 5) is 10.3. The highest BCUT2D eigenvalue weighted by Crippen LogP contribution is 2.21. The number of carbonyl (C=O) groups excluding carboxylic acids is 1. The minimum absolute atomic E-state index is 0.00757. The zero-order valence-electron chi connectivity index (χ0n) is 6.59. The van der Waals surface area contributed by atoms with Crippen molar-refractivity contribution in [1.29, 1.82) is 0 Å². The molecule has 0 heterocycles. The van der Waals surface area contributed by atoms with Crippen LogP contribution >= 0.6 is 15.9 Å². The van der Waals surface area contributed by atoms with Crippen molar-refractivity contribution < 1.29 is 13.9 Å². The van der Waals surface area contributed by atoms with Crippen LogP contribution in [-0.4, -0.2) is 12.5 Å². The van der Waals surface area contributed by atoms with E-state index in [9.17, 15) is 9.18 Å². The summed E-state index contributed by atoms with van der Waals surface area (Å²) < 4.78 is 18.4. The molecule has 0 aliphatic rings. The van der Waals surface area contributed by atoms with Crippen LogP contribution in [0.1, 0.15) is 0 Å². The molecular formula is C8H7BrFNO2. The maximum absolute atomic E-state index is 12.9. The molecule has 70 valence electrons. The van der Waals surface area contributed by atoms with E-state index in [1.165, 1.54) is 18.2 Å². The average Bonchev–Trinajstić information content (AvgIpc) is 2.06. The Labute approximate surface area is 82.8 Å². The molecule has 0 fully saturated rings. The van der Waals surface area contributed by atoms with Gasteiger partial charge in [0.2, 0.25) is 0 Å². The predicted molar refractivity (Wildman–Crippen MR) is 48.8 cm³/mol. The molecule has 1 aromatic rings. The highest BCUT2D eigenvalue weighted by Gasteiger charge is 2.04. The van der Waals surface area contributed by atoms with Gasteiger partial charge in [0.15, 0.2) is 18.2 Å². The lowest BCUT2D eigenvalue weighted by Gasteiger charge is -2.04. The summed E-state index contributed by atoms with van der Waals surface area (Å²) in [7, 11) is 0. The Hall–Kier alpha value is -1.10. The van der Waals surface area contributed by atoms with Crippen LogP contribution in [0.4, 0.5) is 4.39 Å². The summed E-state index contributed by atoms with van der Waals surface area (Å²) in [6.07, 6.45) is 0. The molecule has 3 nitrogen and oxygen atoms in total. The lowest BCUT2D eigenvalue weighted by Crippen LogP contribution is -2.20. The zero-order chi connectivity index (χ0) is 9.84. The minimum Gasteiger partial charge on any atom is -0.481 e. The van der Waals surface area contributed by atoms with Crippen LogP contribution in [0.15, 0.2) is 22.7 Å². The summed E-state index contributed by atoms with van der Waals surface area (Å²) in [5.41, 5.74) is 4.83. The monoisotopic (exact) mass is 247 g/mol. The van der Waals surface area contributed by atoms with Gasteiger partial charge in [-0.15, -0.1) is 0 Å². The number of hydrogen-bond acceptors (Lipinski definition) is 2. The van der Waals surface area contributed by atoms with Crippen molar-refractivity contribution in [3.05, 3.63) is 28.5 Å². The fraction of sp³-hybridized carbons (Fsp3) is 0.125. The van der Waals surface area contributed by atoms with Gasteiger partial charge in [-0.25, -0.2) is 4.39 Å². The van der Waals surface area contributed by atoms with Crippen LogP contribution in [0, 0.1) is 5.82 Å². The van der Waals surface area contributed by atoms with Gasteiger partial charge in [-0.05, 0) is 18.2 Å². The molecule has 1 amide bonds. The Kier molecular flexibility index (Phi) is 3.25. The second-order valence-electron chi connectivity index (χ2n) is 2.33. The van der Waals surface area contributed by atoms with Crippen LogP contribution in [0.3, 0.4) is 0 Å². The summed E-state index contributed by atoms with van der Waals surface area (Å²) in [5.74, 6) is -1.16. The van der Waals surface area contributed by atoms with E-state index in [1.807, 2.05) is 0 Å². The third-order valence-corrected chi connectivity index (χ3v) is 1.76. The number of halogens is 2. The van der Waals surface area contributed by atoms with Crippen molar-refractivity contribution in [1.82, 2.24) is 0 Å². The predicted octanol–water partition coefficient (Wildman–Crippen LogP) is 1.45. The van der Waals surface area contributed by atoms with Crippen molar-refractivity contribution in [2.24, 2.45) is 5.73 Å². The second kappa shape index (κ2) is 4.23. The third kappa shape index (κ3) is 3.02. The molecule has 1 rings (SSSR count). The van der Waals surface area contributed by atoms with E-state index in [2.05, 4.69) is 15.9 Å². The molecule has 5 heteroatoms. The van der Waals surface area contributed by atoms with Crippen molar-refractivity contribution in [3.63, 3.8) is 0 Å². The summed E-state index contributed by atoms with van der Waals surface area (Å²) in [5, 5.41) is 0. The zero-order valence-corrected chi connectivity index (χ0v) is 8.17. The van der Waals surface area contributed by atoms with Gasteiger partial charge < -0.3 is 10.5 Å². The first-order chi connectivity index (χ1) is 6.09. The molecule has 0 aliphatic heterocycles. The topological polar surface area (TPSA) is 52.3 Å². The highest BCUT2D eigenvalue weighted by molar-refractivity contribution is 9.10. The Morgan fingerprint density at radius 3 is 2.92 bits per heavy atom. The van der Waals surface area contributed by atoms with E-state index in [4.69, 9.17) is 10.5 Å².